The minimum atomic E-state index is -1.46. The molecule has 9 heteroatoms. The molecule has 9 nitrogen and oxygen atoms in total. The van der Waals surface area contributed by atoms with Gasteiger partial charge < -0.3 is 31.1 Å². The van der Waals surface area contributed by atoms with Crippen molar-refractivity contribution in [2.75, 3.05) is 16.8 Å². The fourth-order valence-electron chi connectivity index (χ4n) is 7.12. The van der Waals surface area contributed by atoms with Crippen molar-refractivity contribution < 1.29 is 24.6 Å². The lowest BCUT2D eigenvalue weighted by molar-refractivity contribution is -0.143. The maximum absolute atomic E-state index is 13.9. The van der Waals surface area contributed by atoms with Crippen molar-refractivity contribution in [1.29, 1.82) is 0 Å². The van der Waals surface area contributed by atoms with E-state index in [0.29, 0.717) is 17.6 Å². The number of benzene rings is 1. The minimum absolute atomic E-state index is 0.0219. The van der Waals surface area contributed by atoms with Gasteiger partial charge in [-0.15, -0.1) is 0 Å². The molecule has 196 valence electrons. The van der Waals surface area contributed by atoms with Crippen LogP contribution in [0, 0.1) is 5.92 Å². The van der Waals surface area contributed by atoms with Crippen molar-refractivity contribution >= 4 is 29.2 Å². The van der Waals surface area contributed by atoms with Gasteiger partial charge in [-0.1, -0.05) is 44.2 Å². The number of hydrogen-bond donors (Lipinski definition) is 5. The summed E-state index contributed by atoms with van der Waals surface area (Å²) in [4.78, 5) is 40.1. The third-order valence-corrected chi connectivity index (χ3v) is 8.85. The summed E-state index contributed by atoms with van der Waals surface area (Å²) in [7, 11) is 0. The molecule has 1 aromatic carbocycles. The van der Waals surface area contributed by atoms with E-state index in [1.807, 2.05) is 29.2 Å². The van der Waals surface area contributed by atoms with Gasteiger partial charge in [0, 0.05) is 17.6 Å². The van der Waals surface area contributed by atoms with Gasteiger partial charge in [-0.3, -0.25) is 9.59 Å². The predicted octanol–water partition coefficient (Wildman–Crippen LogP) is 2.39. The zero-order chi connectivity index (χ0) is 25.3. The highest BCUT2D eigenvalue weighted by atomic mass is 16.4. The van der Waals surface area contributed by atoms with E-state index in [-0.39, 0.29) is 17.5 Å². The van der Waals surface area contributed by atoms with E-state index < -0.39 is 30.6 Å². The smallest absolute Gasteiger partial charge is 0.328 e. The zero-order valence-electron chi connectivity index (χ0n) is 20.7. The summed E-state index contributed by atoms with van der Waals surface area (Å²) in [5, 5.41) is 27.9. The van der Waals surface area contributed by atoms with Crippen LogP contribution in [0.15, 0.2) is 24.3 Å². The lowest BCUT2D eigenvalue weighted by atomic mass is 9.71. The monoisotopic (exact) mass is 498 g/mol. The van der Waals surface area contributed by atoms with E-state index in [2.05, 4.69) is 16.0 Å². The molecule has 0 radical (unpaired) electrons. The first-order chi connectivity index (χ1) is 17.4. The average Bonchev–Trinajstić information content (AvgIpc) is 3.15. The molecule has 5 N–H and O–H groups in total. The molecule has 3 aliphatic heterocycles. The van der Waals surface area contributed by atoms with Gasteiger partial charge in [0.15, 0.2) is 6.04 Å². The fraction of sp³-hybridized carbons (Fsp3) is 0.667. The Hall–Kier alpha value is -2.65. The van der Waals surface area contributed by atoms with E-state index in [0.717, 1.165) is 31.4 Å². The number of rotatable bonds is 6. The Kier molecular flexibility index (Phi) is 7.21. The lowest BCUT2D eigenvalue weighted by Gasteiger charge is -2.49. The second kappa shape index (κ2) is 10.4. The van der Waals surface area contributed by atoms with E-state index >= 15 is 0 Å². The molecule has 1 aliphatic carbocycles. The minimum Gasteiger partial charge on any atom is -0.480 e. The van der Waals surface area contributed by atoms with Gasteiger partial charge >= 0.3 is 5.97 Å². The van der Waals surface area contributed by atoms with Crippen LogP contribution in [0.4, 0.5) is 11.4 Å². The maximum atomic E-state index is 13.9. The fourth-order valence-corrected chi connectivity index (χ4v) is 7.12. The number of carboxylic acid groups (broad SMARTS) is 1. The van der Waals surface area contributed by atoms with Gasteiger partial charge in [-0.25, -0.2) is 4.79 Å². The van der Waals surface area contributed by atoms with Crippen LogP contribution in [0.2, 0.25) is 0 Å². The third-order valence-electron chi connectivity index (χ3n) is 8.85. The Bertz CT molecular complexity index is 994. The Morgan fingerprint density at radius 2 is 1.83 bits per heavy atom. The molecule has 1 aromatic rings. The van der Waals surface area contributed by atoms with Crippen LogP contribution in [-0.4, -0.2) is 64.3 Å². The number of piperidine rings is 1. The van der Waals surface area contributed by atoms with Crippen LogP contribution in [0.25, 0.3) is 0 Å². The number of carbonyl (C=O) groups is 3. The van der Waals surface area contributed by atoms with Gasteiger partial charge in [0.1, 0.15) is 6.04 Å². The number of aliphatic hydroxyl groups is 1. The van der Waals surface area contributed by atoms with Crippen molar-refractivity contribution in [3.05, 3.63) is 24.3 Å². The number of para-hydroxylation sites is 2. The van der Waals surface area contributed by atoms with Crippen LogP contribution in [0.1, 0.15) is 70.6 Å². The predicted molar refractivity (Wildman–Crippen MR) is 136 cm³/mol. The number of anilines is 2. The topological polar surface area (TPSA) is 131 Å². The number of hydrogen-bond acceptors (Lipinski definition) is 6. The molecular weight excluding hydrogens is 460 g/mol. The lowest BCUT2D eigenvalue weighted by Crippen LogP contribution is -2.64. The maximum Gasteiger partial charge on any atom is 0.328 e. The molecule has 5 rings (SSSR count). The first-order valence-corrected chi connectivity index (χ1v) is 13.5. The SMILES string of the molecule is O=C(N[C@@H](CO)C(=O)O)C1Nc2ccccc2N([C@@H]2C[C@@H]3CC[C@](C4CCCCCCC4)(C2)N3)C1=O. The average molecular weight is 499 g/mol. The van der Waals surface area contributed by atoms with Crippen molar-refractivity contribution in [2.24, 2.45) is 5.92 Å². The number of fused-ring (bicyclic) bond motifs is 3. The summed E-state index contributed by atoms with van der Waals surface area (Å²) in [6.45, 7) is -0.748. The van der Waals surface area contributed by atoms with E-state index in [1.165, 1.54) is 44.9 Å². The van der Waals surface area contributed by atoms with Crippen molar-refractivity contribution in [3.8, 4) is 0 Å². The molecular formula is C27H38N4O5. The van der Waals surface area contributed by atoms with Gasteiger partial charge in [0.25, 0.3) is 11.8 Å². The molecule has 0 aromatic heterocycles. The van der Waals surface area contributed by atoms with Crippen molar-refractivity contribution in [1.82, 2.24) is 10.6 Å². The van der Waals surface area contributed by atoms with E-state index in [9.17, 15) is 24.6 Å². The van der Waals surface area contributed by atoms with Crippen molar-refractivity contribution in [3.63, 3.8) is 0 Å². The molecule has 36 heavy (non-hydrogen) atoms. The molecule has 3 heterocycles. The molecule has 3 fully saturated rings. The normalized spacial score (nSPS) is 31.5. The first kappa shape index (κ1) is 25.0. The van der Waals surface area contributed by atoms with Crippen LogP contribution >= 0.6 is 0 Å². The summed E-state index contributed by atoms with van der Waals surface area (Å²) in [6.07, 6.45) is 12.8. The molecule has 1 unspecified atom stereocenters. The summed E-state index contributed by atoms with van der Waals surface area (Å²) in [6, 6.07) is 5.10. The summed E-state index contributed by atoms with van der Waals surface area (Å²) in [5.41, 5.74) is 1.47. The standard InChI is InChI=1S/C27H38N4O5/c32-16-21(26(35)36)29-24(33)23-25(34)31(22-11-7-6-10-20(22)28-23)19-14-18-12-13-27(15-19,30-18)17-8-4-2-1-3-5-9-17/h6-7,10-11,17-19,21,23,28,30,32H,1-5,8-9,12-16H2,(H,29,33)(H,35,36)/t18-,19+,21-,23?,27+/m0/s1. The Morgan fingerprint density at radius 1 is 1.11 bits per heavy atom. The number of aliphatic carboxylic acids is 1. The van der Waals surface area contributed by atoms with Gasteiger partial charge in [-0.05, 0) is 56.6 Å². The molecule has 2 saturated heterocycles. The number of nitrogens with zero attached hydrogens (tertiary/aromatic N) is 1. The highest BCUT2D eigenvalue weighted by molar-refractivity contribution is 6.17. The molecule has 2 amide bonds. The molecule has 1 saturated carbocycles. The number of aliphatic hydroxyl groups excluding tert-OH is 1. The first-order valence-electron chi connectivity index (χ1n) is 13.5. The second-order valence-electron chi connectivity index (χ2n) is 11.1. The van der Waals surface area contributed by atoms with Crippen LogP contribution in [0.5, 0.6) is 0 Å². The van der Waals surface area contributed by atoms with Gasteiger partial charge in [0.2, 0.25) is 0 Å². The summed E-state index contributed by atoms with van der Waals surface area (Å²) < 4.78 is 0. The van der Waals surface area contributed by atoms with Crippen LogP contribution in [0.3, 0.4) is 0 Å². The number of carbonyl (C=O) groups excluding carboxylic acids is 2. The molecule has 4 aliphatic rings. The third kappa shape index (κ3) is 4.70. The zero-order valence-corrected chi connectivity index (χ0v) is 20.7. The van der Waals surface area contributed by atoms with E-state index in [1.54, 1.807) is 0 Å². The quantitative estimate of drug-likeness (QED) is 0.381. The van der Waals surface area contributed by atoms with E-state index in [4.69, 9.17) is 0 Å². The van der Waals surface area contributed by atoms with Crippen LogP contribution < -0.4 is 20.9 Å². The van der Waals surface area contributed by atoms with Crippen molar-refractivity contribution in [2.45, 2.75) is 100 Å². The molecule has 2 bridgehead atoms. The van der Waals surface area contributed by atoms with Gasteiger partial charge in [0.05, 0.1) is 18.0 Å². The summed E-state index contributed by atoms with van der Waals surface area (Å²) >= 11 is 0. The highest BCUT2D eigenvalue weighted by Gasteiger charge is 2.52. The molecule has 0 spiro atoms. The largest absolute Gasteiger partial charge is 0.480 e. The number of nitrogens with one attached hydrogen (secondary N) is 3. The van der Waals surface area contributed by atoms with Crippen LogP contribution in [-0.2, 0) is 14.4 Å². The second-order valence-corrected chi connectivity index (χ2v) is 11.1. The number of carboxylic acids is 1. The Labute approximate surface area is 212 Å². The Balaban J connectivity index is 1.42. The Morgan fingerprint density at radius 3 is 2.56 bits per heavy atom. The highest BCUT2D eigenvalue weighted by Crippen LogP contribution is 2.48. The molecule has 5 atom stereocenters. The summed E-state index contributed by atoms with van der Waals surface area (Å²) in [5.74, 6) is -1.86. The number of amides is 2. The van der Waals surface area contributed by atoms with Gasteiger partial charge in [-0.2, -0.15) is 0 Å².